The lowest BCUT2D eigenvalue weighted by atomic mass is 10.1. The van der Waals surface area contributed by atoms with E-state index in [9.17, 15) is 20.0 Å². The van der Waals surface area contributed by atoms with Crippen molar-refractivity contribution >= 4 is 17.3 Å². The Bertz CT molecular complexity index is 763. The molecule has 0 radical (unpaired) electrons. The number of aliphatic carboxylic acids is 1. The lowest BCUT2D eigenvalue weighted by Crippen LogP contribution is -2.42. The Morgan fingerprint density at radius 1 is 1.25 bits per heavy atom. The zero-order chi connectivity index (χ0) is 17.1. The summed E-state index contributed by atoms with van der Waals surface area (Å²) in [5.74, 6) is -0.751. The van der Waals surface area contributed by atoms with Gasteiger partial charge in [0.2, 0.25) is 0 Å². The largest absolute Gasteiger partial charge is 0.550 e. The second kappa shape index (κ2) is 6.57. The molecule has 3 rings (SSSR count). The zero-order valence-electron chi connectivity index (χ0n) is 12.8. The van der Waals surface area contributed by atoms with Crippen LogP contribution in [-0.2, 0) is 11.3 Å². The molecule has 0 bridgehead atoms. The maximum atomic E-state index is 11.0. The van der Waals surface area contributed by atoms with Gasteiger partial charge in [0, 0.05) is 31.1 Å². The fourth-order valence-electron chi connectivity index (χ4n) is 2.77. The van der Waals surface area contributed by atoms with Crippen molar-refractivity contribution in [1.82, 2.24) is 0 Å². The van der Waals surface area contributed by atoms with E-state index < -0.39 is 17.0 Å². The van der Waals surface area contributed by atoms with E-state index in [1.807, 2.05) is 35.2 Å². The van der Waals surface area contributed by atoms with Crippen LogP contribution in [0.15, 0.2) is 48.5 Å². The molecule has 1 atom stereocenters. The molecule has 124 valence electrons. The average molecular weight is 327 g/mol. The fourth-order valence-corrected chi connectivity index (χ4v) is 2.77. The van der Waals surface area contributed by atoms with E-state index in [0.717, 1.165) is 5.56 Å². The van der Waals surface area contributed by atoms with Crippen LogP contribution >= 0.6 is 0 Å². The van der Waals surface area contributed by atoms with Gasteiger partial charge in [-0.25, -0.2) is 0 Å². The molecule has 0 spiro atoms. The van der Waals surface area contributed by atoms with E-state index in [1.54, 1.807) is 0 Å². The van der Waals surface area contributed by atoms with Crippen molar-refractivity contribution in [2.75, 3.05) is 11.4 Å². The van der Waals surface area contributed by atoms with E-state index >= 15 is 0 Å². The van der Waals surface area contributed by atoms with Crippen LogP contribution in [0.3, 0.4) is 0 Å². The molecule has 0 N–H and O–H groups in total. The van der Waals surface area contributed by atoms with E-state index in [1.165, 1.54) is 18.2 Å². The van der Waals surface area contributed by atoms with Gasteiger partial charge in [0.05, 0.1) is 17.2 Å². The number of nitrogens with zero attached hydrogens (tertiary/aromatic N) is 2. The van der Waals surface area contributed by atoms with Crippen molar-refractivity contribution in [3.8, 4) is 5.75 Å². The second-order valence-electron chi connectivity index (χ2n) is 5.59. The lowest BCUT2D eigenvalue weighted by Gasteiger charge is -2.36. The van der Waals surface area contributed by atoms with Crippen LogP contribution in [0.1, 0.15) is 12.0 Å². The van der Waals surface area contributed by atoms with E-state index in [0.29, 0.717) is 24.5 Å². The number of non-ortho nitro benzene ring substituents is 1. The number of anilines is 1. The van der Waals surface area contributed by atoms with Crippen LogP contribution in [-0.4, -0.2) is 23.5 Å². The van der Waals surface area contributed by atoms with E-state index in [2.05, 4.69) is 0 Å². The molecule has 0 aliphatic carbocycles. The maximum absolute atomic E-state index is 11.0. The van der Waals surface area contributed by atoms with Gasteiger partial charge < -0.3 is 19.5 Å². The first-order chi connectivity index (χ1) is 11.5. The van der Waals surface area contributed by atoms with Crippen molar-refractivity contribution in [3.05, 3.63) is 64.2 Å². The first kappa shape index (κ1) is 15.8. The highest BCUT2D eigenvalue weighted by Crippen LogP contribution is 2.37. The third-order valence-corrected chi connectivity index (χ3v) is 3.82. The molecular weight excluding hydrogens is 312 g/mol. The monoisotopic (exact) mass is 327 g/mol. The number of carboxylic acids is 1. The summed E-state index contributed by atoms with van der Waals surface area (Å²) in [6.07, 6.45) is -0.797. The number of carbonyl (C=O) groups is 1. The third kappa shape index (κ3) is 3.45. The fraction of sp³-hybridized carbons (Fsp3) is 0.235. The molecule has 7 nitrogen and oxygen atoms in total. The van der Waals surface area contributed by atoms with Gasteiger partial charge in [-0.2, -0.15) is 0 Å². The molecule has 7 heteroatoms. The molecular formula is C17H15N2O5-. The van der Waals surface area contributed by atoms with Crippen molar-refractivity contribution in [2.24, 2.45) is 0 Å². The van der Waals surface area contributed by atoms with Crippen molar-refractivity contribution in [2.45, 2.75) is 19.1 Å². The first-order valence-corrected chi connectivity index (χ1v) is 7.47. The minimum Gasteiger partial charge on any atom is -0.550 e. The molecule has 1 unspecified atom stereocenters. The normalized spacial score (nSPS) is 16.2. The van der Waals surface area contributed by atoms with Crippen molar-refractivity contribution in [1.29, 1.82) is 0 Å². The van der Waals surface area contributed by atoms with Crippen LogP contribution in [0.5, 0.6) is 5.75 Å². The highest BCUT2D eigenvalue weighted by atomic mass is 16.6. The average Bonchev–Trinajstić information content (AvgIpc) is 2.54. The summed E-state index contributed by atoms with van der Waals surface area (Å²) in [5, 5.41) is 21.9. The quantitative estimate of drug-likeness (QED) is 0.610. The first-order valence-electron chi connectivity index (χ1n) is 7.47. The number of carboxylic acid groups (broad SMARTS) is 1. The zero-order valence-corrected chi connectivity index (χ0v) is 12.8. The highest BCUT2D eigenvalue weighted by Gasteiger charge is 2.27. The Morgan fingerprint density at radius 2 is 2.00 bits per heavy atom. The number of fused-ring (bicyclic) bond motifs is 1. The second-order valence-corrected chi connectivity index (χ2v) is 5.59. The summed E-state index contributed by atoms with van der Waals surface area (Å²) in [5.41, 5.74) is 1.57. The van der Waals surface area contributed by atoms with Gasteiger partial charge in [-0.1, -0.05) is 30.3 Å². The predicted octanol–water partition coefficient (Wildman–Crippen LogP) is 1.50. The number of nitro benzene ring substituents is 1. The molecule has 0 aromatic heterocycles. The summed E-state index contributed by atoms with van der Waals surface area (Å²) < 4.78 is 5.66. The van der Waals surface area contributed by atoms with Gasteiger partial charge in [-0.05, 0) is 11.6 Å². The Morgan fingerprint density at radius 3 is 2.67 bits per heavy atom. The Labute approximate surface area is 138 Å². The smallest absolute Gasteiger partial charge is 0.271 e. The maximum Gasteiger partial charge on any atom is 0.271 e. The summed E-state index contributed by atoms with van der Waals surface area (Å²) in [7, 11) is 0. The van der Waals surface area contributed by atoms with Crippen LogP contribution in [0.25, 0.3) is 0 Å². The lowest BCUT2D eigenvalue weighted by molar-refractivity contribution is -0.384. The van der Waals surface area contributed by atoms with Gasteiger partial charge in [-0.3, -0.25) is 10.1 Å². The Hall–Kier alpha value is -3.09. The minimum absolute atomic E-state index is 0.0336. The van der Waals surface area contributed by atoms with Crippen molar-refractivity contribution < 1.29 is 19.6 Å². The van der Waals surface area contributed by atoms with Gasteiger partial charge in [0.15, 0.2) is 0 Å². The molecule has 0 amide bonds. The number of carbonyl (C=O) groups excluding carboxylic acids is 1. The Kier molecular flexibility index (Phi) is 4.33. The summed E-state index contributed by atoms with van der Waals surface area (Å²) >= 11 is 0. The minimum atomic E-state index is -1.19. The van der Waals surface area contributed by atoms with Gasteiger partial charge >= 0.3 is 0 Å². The molecule has 0 saturated heterocycles. The number of hydrogen-bond donors (Lipinski definition) is 0. The van der Waals surface area contributed by atoms with E-state index in [-0.39, 0.29) is 12.1 Å². The molecule has 0 fully saturated rings. The number of ether oxygens (including phenoxy) is 1. The molecule has 24 heavy (non-hydrogen) atoms. The highest BCUT2D eigenvalue weighted by molar-refractivity contribution is 5.68. The summed E-state index contributed by atoms with van der Waals surface area (Å²) in [4.78, 5) is 23.3. The topological polar surface area (TPSA) is 95.7 Å². The Balaban J connectivity index is 1.94. The van der Waals surface area contributed by atoms with Gasteiger partial charge in [0.1, 0.15) is 11.9 Å². The van der Waals surface area contributed by atoms with Crippen LogP contribution in [0.2, 0.25) is 0 Å². The molecule has 2 aromatic carbocycles. The molecule has 1 aliphatic heterocycles. The molecule has 1 heterocycles. The SMILES string of the molecule is O=C([O-])CC1CN(Cc2ccccc2)c2cc([N+](=O)[O-])ccc2O1. The van der Waals surface area contributed by atoms with E-state index in [4.69, 9.17) is 4.74 Å². The third-order valence-electron chi connectivity index (χ3n) is 3.82. The summed E-state index contributed by atoms with van der Waals surface area (Å²) in [6.45, 7) is 0.818. The van der Waals surface area contributed by atoms with Gasteiger partial charge in [0.25, 0.3) is 5.69 Å². The van der Waals surface area contributed by atoms with Crippen molar-refractivity contribution in [3.63, 3.8) is 0 Å². The van der Waals surface area contributed by atoms with Crippen LogP contribution < -0.4 is 14.7 Å². The molecule has 1 aliphatic rings. The van der Waals surface area contributed by atoms with Crippen LogP contribution in [0.4, 0.5) is 11.4 Å². The standard InChI is InChI=1S/C17H16N2O5/c20-17(21)9-14-11-18(10-12-4-2-1-3-5-12)15-8-13(19(22)23)6-7-16(15)24-14/h1-8,14H,9-11H2,(H,20,21)/p-1. The summed E-state index contributed by atoms with van der Waals surface area (Å²) in [6, 6.07) is 13.9. The van der Waals surface area contributed by atoms with Gasteiger partial charge in [-0.15, -0.1) is 0 Å². The number of nitro groups is 1. The number of rotatable bonds is 5. The number of benzene rings is 2. The number of hydrogen-bond acceptors (Lipinski definition) is 6. The predicted molar refractivity (Wildman–Crippen MR) is 84.6 cm³/mol. The molecule has 0 saturated carbocycles. The molecule has 2 aromatic rings. The van der Waals surface area contributed by atoms with Crippen LogP contribution in [0, 0.1) is 10.1 Å².